The molecule has 0 amide bonds. The minimum Gasteiger partial charge on any atom is -0.379 e. The number of imidazole rings is 1. The predicted molar refractivity (Wildman–Crippen MR) is 59.4 cm³/mol. The van der Waals surface area contributed by atoms with E-state index < -0.39 is 25.8 Å². The first-order valence-corrected chi connectivity index (χ1v) is 6.62. The summed E-state index contributed by atoms with van der Waals surface area (Å²) in [5, 5.41) is 10.4. The molecule has 100 valence electrons. The quantitative estimate of drug-likeness (QED) is 0.536. The maximum Gasteiger partial charge on any atom is 0.402 e. The monoisotopic (exact) mass is 276 g/mol. The summed E-state index contributed by atoms with van der Waals surface area (Å²) in [7, 11) is -2.50. The lowest BCUT2D eigenvalue weighted by atomic mass is 10.5. The Kier molecular flexibility index (Phi) is 3.32. The zero-order valence-electron chi connectivity index (χ0n) is 9.64. The van der Waals surface area contributed by atoms with Gasteiger partial charge in [-0.1, -0.05) is 0 Å². The van der Waals surface area contributed by atoms with Crippen LogP contribution in [0.25, 0.3) is 0 Å². The van der Waals surface area contributed by atoms with Crippen LogP contribution in [0, 0.1) is 10.1 Å². The number of rotatable bonds is 3. The van der Waals surface area contributed by atoms with Crippen LogP contribution in [0.1, 0.15) is 0 Å². The molecule has 9 nitrogen and oxygen atoms in total. The molecule has 0 aliphatic carbocycles. The van der Waals surface area contributed by atoms with E-state index in [1.54, 1.807) is 0 Å². The fourth-order valence-electron chi connectivity index (χ4n) is 1.74. The predicted octanol–water partition coefficient (Wildman–Crippen LogP) is -0.651. The van der Waals surface area contributed by atoms with E-state index in [4.69, 9.17) is 4.74 Å². The Bertz CT molecular complexity index is 560. The second-order valence-corrected chi connectivity index (χ2v) is 5.61. The van der Waals surface area contributed by atoms with E-state index in [2.05, 4.69) is 4.98 Å². The summed E-state index contributed by atoms with van der Waals surface area (Å²) in [5.41, 5.74) is 0. The van der Waals surface area contributed by atoms with Gasteiger partial charge in [0, 0.05) is 20.1 Å². The lowest BCUT2D eigenvalue weighted by Crippen LogP contribution is -2.41. The van der Waals surface area contributed by atoms with Crippen LogP contribution in [-0.4, -0.2) is 53.5 Å². The minimum absolute atomic E-state index is 0.185. The molecule has 2 heterocycles. The molecule has 1 fully saturated rings. The van der Waals surface area contributed by atoms with E-state index in [1.165, 1.54) is 11.4 Å². The van der Waals surface area contributed by atoms with Gasteiger partial charge in [-0.05, 0) is 9.91 Å². The number of sulfonamides is 1. The Hall–Kier alpha value is -1.52. The zero-order chi connectivity index (χ0) is 13.3. The van der Waals surface area contributed by atoms with Crippen LogP contribution in [0.4, 0.5) is 5.82 Å². The third-order valence-electron chi connectivity index (χ3n) is 2.59. The number of morpholine rings is 1. The number of aryl methyl sites for hydroxylation is 1. The Morgan fingerprint density at radius 3 is 2.61 bits per heavy atom. The Morgan fingerprint density at radius 2 is 2.06 bits per heavy atom. The molecule has 10 heteroatoms. The molecule has 1 aromatic rings. The normalized spacial score (nSPS) is 17.8. The van der Waals surface area contributed by atoms with Crippen molar-refractivity contribution in [3.05, 3.63) is 16.4 Å². The molecule has 0 unspecified atom stereocenters. The van der Waals surface area contributed by atoms with Gasteiger partial charge in [0.05, 0.1) is 13.2 Å². The highest BCUT2D eigenvalue weighted by atomic mass is 32.2. The number of ether oxygens (including phenoxy) is 1. The molecule has 0 N–H and O–H groups in total. The second kappa shape index (κ2) is 4.63. The van der Waals surface area contributed by atoms with Gasteiger partial charge in [0.1, 0.15) is 0 Å². The van der Waals surface area contributed by atoms with Gasteiger partial charge in [0.15, 0.2) is 0 Å². The van der Waals surface area contributed by atoms with E-state index in [-0.39, 0.29) is 26.3 Å². The number of aromatic nitrogens is 2. The highest BCUT2D eigenvalue weighted by molar-refractivity contribution is 7.89. The van der Waals surface area contributed by atoms with Crippen molar-refractivity contribution >= 4 is 15.8 Å². The SMILES string of the molecule is Cn1cnc([N+](=O)[O-])c1S(=O)(=O)N1CCOCC1. The van der Waals surface area contributed by atoms with E-state index in [0.29, 0.717) is 0 Å². The van der Waals surface area contributed by atoms with Gasteiger partial charge >= 0.3 is 5.82 Å². The summed E-state index contributed by atoms with van der Waals surface area (Å²) < 4.78 is 32.0. The number of hydrogen-bond acceptors (Lipinski definition) is 6. The first-order valence-electron chi connectivity index (χ1n) is 5.18. The summed E-state index contributed by atoms with van der Waals surface area (Å²) >= 11 is 0. The molecule has 0 aromatic carbocycles. The van der Waals surface area contributed by atoms with E-state index in [9.17, 15) is 18.5 Å². The van der Waals surface area contributed by atoms with Crippen molar-refractivity contribution in [2.75, 3.05) is 26.3 Å². The minimum atomic E-state index is -3.91. The summed E-state index contributed by atoms with van der Waals surface area (Å²) in [6.07, 6.45) is 1.12. The van der Waals surface area contributed by atoms with Crippen LogP contribution < -0.4 is 0 Å². The molecule has 0 bridgehead atoms. The number of nitrogens with zero attached hydrogens (tertiary/aromatic N) is 4. The van der Waals surface area contributed by atoms with Crippen LogP contribution in [0.5, 0.6) is 0 Å². The van der Waals surface area contributed by atoms with Gasteiger partial charge in [-0.25, -0.2) is 8.42 Å². The average molecular weight is 276 g/mol. The van der Waals surface area contributed by atoms with Gasteiger partial charge in [-0.15, -0.1) is 0 Å². The topological polar surface area (TPSA) is 108 Å². The van der Waals surface area contributed by atoms with Crippen molar-refractivity contribution < 1.29 is 18.1 Å². The summed E-state index contributed by atoms with van der Waals surface area (Å²) in [6.45, 7) is 0.936. The van der Waals surface area contributed by atoms with Crippen LogP contribution >= 0.6 is 0 Å². The first-order chi connectivity index (χ1) is 8.44. The Labute approximate surface area is 103 Å². The fraction of sp³-hybridized carbons (Fsp3) is 0.625. The maximum absolute atomic E-state index is 12.3. The van der Waals surface area contributed by atoms with Gasteiger partial charge in [0.2, 0.25) is 6.33 Å². The zero-order valence-corrected chi connectivity index (χ0v) is 10.5. The van der Waals surface area contributed by atoms with Crippen molar-refractivity contribution in [2.45, 2.75) is 5.03 Å². The van der Waals surface area contributed by atoms with E-state index in [0.717, 1.165) is 10.9 Å². The molecule has 1 saturated heterocycles. The maximum atomic E-state index is 12.3. The van der Waals surface area contributed by atoms with Gasteiger partial charge < -0.3 is 14.9 Å². The van der Waals surface area contributed by atoms with Gasteiger partial charge in [0.25, 0.3) is 15.0 Å². The molecule has 0 radical (unpaired) electrons. The van der Waals surface area contributed by atoms with Crippen molar-refractivity contribution in [3.63, 3.8) is 0 Å². The molecule has 1 aliphatic heterocycles. The lowest BCUT2D eigenvalue weighted by Gasteiger charge is -2.25. The van der Waals surface area contributed by atoms with Crippen LogP contribution in [-0.2, 0) is 21.8 Å². The fourth-order valence-corrected chi connectivity index (χ4v) is 3.38. The summed E-state index contributed by atoms with van der Waals surface area (Å²) in [4.78, 5) is 13.5. The van der Waals surface area contributed by atoms with Crippen LogP contribution in [0.15, 0.2) is 11.4 Å². The molecular weight excluding hydrogens is 264 g/mol. The van der Waals surface area contributed by atoms with Crippen LogP contribution in [0.2, 0.25) is 0 Å². The molecule has 1 aliphatic rings. The third-order valence-corrected chi connectivity index (χ3v) is 4.60. The molecule has 0 saturated carbocycles. The van der Waals surface area contributed by atoms with Crippen molar-refractivity contribution in [3.8, 4) is 0 Å². The van der Waals surface area contributed by atoms with Crippen molar-refractivity contribution in [2.24, 2.45) is 7.05 Å². The molecular formula is C8H12N4O5S. The van der Waals surface area contributed by atoms with E-state index >= 15 is 0 Å². The number of hydrogen-bond donors (Lipinski definition) is 0. The molecule has 2 rings (SSSR count). The third kappa shape index (κ3) is 2.09. The smallest absolute Gasteiger partial charge is 0.379 e. The second-order valence-electron chi connectivity index (χ2n) is 3.76. The standard InChI is InChI=1S/C8H12N4O5S/c1-10-6-9-7(12(13)14)8(10)18(15,16)11-2-4-17-5-3-11/h6H,2-5H2,1H3. The average Bonchev–Trinajstić information content (AvgIpc) is 2.73. The van der Waals surface area contributed by atoms with Crippen LogP contribution in [0.3, 0.4) is 0 Å². The highest BCUT2D eigenvalue weighted by Gasteiger charge is 2.37. The molecule has 0 spiro atoms. The van der Waals surface area contributed by atoms with Gasteiger partial charge in [-0.2, -0.15) is 4.31 Å². The largest absolute Gasteiger partial charge is 0.402 e. The van der Waals surface area contributed by atoms with Crippen molar-refractivity contribution in [1.82, 2.24) is 13.9 Å². The molecule has 18 heavy (non-hydrogen) atoms. The van der Waals surface area contributed by atoms with Crippen molar-refractivity contribution in [1.29, 1.82) is 0 Å². The van der Waals surface area contributed by atoms with E-state index in [1.807, 2.05) is 0 Å². The Balaban J connectivity index is 2.46. The highest BCUT2D eigenvalue weighted by Crippen LogP contribution is 2.25. The molecule has 1 aromatic heterocycles. The summed E-state index contributed by atoms with van der Waals surface area (Å²) in [5.74, 6) is -0.649. The Morgan fingerprint density at radius 1 is 1.44 bits per heavy atom. The number of nitro groups is 1. The van der Waals surface area contributed by atoms with Gasteiger partial charge in [-0.3, -0.25) is 4.57 Å². The summed E-state index contributed by atoms with van der Waals surface area (Å²) in [6, 6.07) is 0. The first kappa shape index (κ1) is 12.9. The molecule has 0 atom stereocenters. The lowest BCUT2D eigenvalue weighted by molar-refractivity contribution is -0.392.